The van der Waals surface area contributed by atoms with E-state index in [0.29, 0.717) is 6.54 Å². The van der Waals surface area contributed by atoms with Gasteiger partial charge in [-0.3, -0.25) is 19.4 Å². The minimum Gasteiger partial charge on any atom is -0.342 e. The predicted octanol–water partition coefficient (Wildman–Crippen LogP) is 2.63. The molecule has 0 aliphatic carbocycles. The van der Waals surface area contributed by atoms with Crippen LogP contribution in [0.1, 0.15) is 45.2 Å². The highest BCUT2D eigenvalue weighted by Gasteiger charge is 2.33. The zero-order chi connectivity index (χ0) is 17.3. The molecular formula is C18H25N5O. The normalized spacial score (nSPS) is 18.7. The summed E-state index contributed by atoms with van der Waals surface area (Å²) in [6, 6.07) is 0. The van der Waals surface area contributed by atoms with Crippen LogP contribution in [0.25, 0.3) is 11.3 Å². The Labute approximate surface area is 142 Å². The van der Waals surface area contributed by atoms with Crippen LogP contribution in [0.4, 0.5) is 0 Å². The average molecular weight is 327 g/mol. The Hall–Kier alpha value is -2.24. The van der Waals surface area contributed by atoms with E-state index in [1.165, 1.54) is 0 Å². The summed E-state index contributed by atoms with van der Waals surface area (Å²) in [5, 5.41) is 4.24. The third kappa shape index (κ3) is 3.32. The van der Waals surface area contributed by atoms with Gasteiger partial charge in [0.2, 0.25) is 5.91 Å². The number of hydrogen-bond acceptors (Lipinski definition) is 4. The molecule has 0 aromatic carbocycles. The smallest absolute Gasteiger partial charge is 0.227 e. The monoisotopic (exact) mass is 327 g/mol. The second-order valence-corrected chi connectivity index (χ2v) is 7.53. The fourth-order valence-corrected chi connectivity index (χ4v) is 3.27. The zero-order valence-electron chi connectivity index (χ0n) is 14.9. The van der Waals surface area contributed by atoms with Crippen molar-refractivity contribution in [3.05, 3.63) is 30.5 Å². The largest absolute Gasteiger partial charge is 0.342 e. The van der Waals surface area contributed by atoms with Crippen molar-refractivity contribution in [2.45, 2.75) is 39.5 Å². The van der Waals surface area contributed by atoms with Gasteiger partial charge in [-0.05, 0) is 12.8 Å². The third-order valence-corrected chi connectivity index (χ3v) is 4.44. The molecular weight excluding hydrogens is 302 g/mol. The number of likely N-dealkylation sites (tertiary alicyclic amines) is 1. The van der Waals surface area contributed by atoms with Crippen LogP contribution < -0.4 is 0 Å². The highest BCUT2D eigenvalue weighted by atomic mass is 16.2. The van der Waals surface area contributed by atoms with Crippen molar-refractivity contribution >= 4 is 5.91 Å². The minimum absolute atomic E-state index is 0.207. The summed E-state index contributed by atoms with van der Waals surface area (Å²) in [4.78, 5) is 23.8. The maximum Gasteiger partial charge on any atom is 0.227 e. The molecule has 0 spiro atoms. The summed E-state index contributed by atoms with van der Waals surface area (Å²) in [5.74, 6) is 0.424. The van der Waals surface area contributed by atoms with E-state index in [2.05, 4.69) is 15.1 Å². The number of rotatable bonds is 2. The predicted molar refractivity (Wildman–Crippen MR) is 92.2 cm³/mol. The first-order chi connectivity index (χ1) is 11.4. The van der Waals surface area contributed by atoms with E-state index in [0.717, 1.165) is 36.3 Å². The lowest BCUT2D eigenvalue weighted by Crippen LogP contribution is -2.44. The maximum atomic E-state index is 12.6. The van der Waals surface area contributed by atoms with Gasteiger partial charge >= 0.3 is 0 Å². The average Bonchev–Trinajstić information content (AvgIpc) is 3.00. The van der Waals surface area contributed by atoms with Gasteiger partial charge in [0.05, 0.1) is 17.6 Å². The Bertz CT molecular complexity index is 731. The molecule has 2 aromatic rings. The van der Waals surface area contributed by atoms with Crippen molar-refractivity contribution in [2.75, 3.05) is 13.1 Å². The van der Waals surface area contributed by atoms with Crippen molar-refractivity contribution < 1.29 is 4.79 Å². The van der Waals surface area contributed by atoms with Crippen LogP contribution in [0.5, 0.6) is 0 Å². The molecule has 24 heavy (non-hydrogen) atoms. The standard InChI is InChI=1S/C18H25N5O/c1-18(2,3)17(24)23-9-5-6-13(12-23)15-16(20-8-7-19-15)14-10-21-22(4)11-14/h7-8,10-11,13H,5-6,9,12H2,1-4H3. The molecule has 128 valence electrons. The van der Waals surface area contributed by atoms with Gasteiger partial charge in [-0.1, -0.05) is 20.8 Å². The van der Waals surface area contributed by atoms with E-state index in [1.807, 2.05) is 45.1 Å². The lowest BCUT2D eigenvalue weighted by atomic mass is 9.88. The molecule has 6 nitrogen and oxygen atoms in total. The molecule has 0 bridgehead atoms. The van der Waals surface area contributed by atoms with Crippen LogP contribution in [0.15, 0.2) is 24.8 Å². The molecule has 1 saturated heterocycles. The summed E-state index contributed by atoms with van der Waals surface area (Å²) in [5.41, 5.74) is 2.47. The van der Waals surface area contributed by atoms with E-state index >= 15 is 0 Å². The molecule has 1 aliphatic rings. The molecule has 3 heterocycles. The van der Waals surface area contributed by atoms with Crippen LogP contribution in [0, 0.1) is 5.41 Å². The third-order valence-electron chi connectivity index (χ3n) is 4.44. The highest BCUT2D eigenvalue weighted by Crippen LogP contribution is 2.33. The molecule has 1 amide bonds. The number of nitrogens with zero attached hydrogens (tertiary/aromatic N) is 5. The number of hydrogen-bond donors (Lipinski definition) is 0. The van der Waals surface area contributed by atoms with Crippen molar-refractivity contribution in [2.24, 2.45) is 12.5 Å². The molecule has 1 unspecified atom stereocenters. The number of amides is 1. The summed E-state index contributed by atoms with van der Waals surface area (Å²) in [6.45, 7) is 7.46. The number of carbonyl (C=O) groups excluding carboxylic acids is 1. The van der Waals surface area contributed by atoms with E-state index in [9.17, 15) is 4.79 Å². The van der Waals surface area contributed by atoms with Crippen molar-refractivity contribution in [3.8, 4) is 11.3 Å². The van der Waals surface area contributed by atoms with E-state index in [4.69, 9.17) is 0 Å². The second kappa shape index (κ2) is 6.34. The quantitative estimate of drug-likeness (QED) is 0.850. The van der Waals surface area contributed by atoms with Gasteiger partial charge in [0.25, 0.3) is 0 Å². The van der Waals surface area contributed by atoms with E-state index in [1.54, 1.807) is 17.1 Å². The fraction of sp³-hybridized carbons (Fsp3) is 0.556. The fourth-order valence-electron chi connectivity index (χ4n) is 3.27. The van der Waals surface area contributed by atoms with Gasteiger partial charge in [0.15, 0.2) is 0 Å². The van der Waals surface area contributed by atoms with Gasteiger partial charge in [-0.2, -0.15) is 5.10 Å². The highest BCUT2D eigenvalue weighted by molar-refractivity contribution is 5.81. The van der Waals surface area contributed by atoms with Crippen molar-refractivity contribution in [3.63, 3.8) is 0 Å². The molecule has 0 radical (unpaired) electrons. The number of aryl methyl sites for hydroxylation is 1. The first kappa shape index (κ1) is 16.6. The minimum atomic E-state index is -0.351. The van der Waals surface area contributed by atoms with E-state index in [-0.39, 0.29) is 17.2 Å². The van der Waals surface area contributed by atoms with Gasteiger partial charge in [0.1, 0.15) is 0 Å². The Balaban J connectivity index is 1.88. The topological polar surface area (TPSA) is 63.9 Å². The Kier molecular flexibility index (Phi) is 4.39. The van der Waals surface area contributed by atoms with Gasteiger partial charge in [0, 0.05) is 55.6 Å². The maximum absolute atomic E-state index is 12.6. The van der Waals surface area contributed by atoms with Crippen LogP contribution in [-0.2, 0) is 11.8 Å². The first-order valence-corrected chi connectivity index (χ1v) is 8.45. The summed E-state index contributed by atoms with van der Waals surface area (Å²) >= 11 is 0. The number of piperidine rings is 1. The molecule has 2 aromatic heterocycles. The van der Waals surface area contributed by atoms with Gasteiger partial charge in [-0.15, -0.1) is 0 Å². The van der Waals surface area contributed by atoms with Crippen molar-refractivity contribution in [1.29, 1.82) is 0 Å². The lowest BCUT2D eigenvalue weighted by Gasteiger charge is -2.36. The molecule has 1 aliphatic heterocycles. The molecule has 6 heteroatoms. The van der Waals surface area contributed by atoms with E-state index < -0.39 is 0 Å². The van der Waals surface area contributed by atoms with Crippen LogP contribution in [0.3, 0.4) is 0 Å². The van der Waals surface area contributed by atoms with Crippen LogP contribution in [-0.4, -0.2) is 43.6 Å². The summed E-state index contributed by atoms with van der Waals surface area (Å²) in [7, 11) is 1.89. The van der Waals surface area contributed by atoms with Crippen molar-refractivity contribution in [1.82, 2.24) is 24.6 Å². The molecule has 1 atom stereocenters. The van der Waals surface area contributed by atoms with Crippen LogP contribution in [0.2, 0.25) is 0 Å². The van der Waals surface area contributed by atoms with Gasteiger partial charge in [-0.25, -0.2) is 0 Å². The summed E-state index contributed by atoms with van der Waals surface area (Å²) < 4.78 is 1.77. The molecule has 1 fully saturated rings. The molecule has 3 rings (SSSR count). The zero-order valence-corrected chi connectivity index (χ0v) is 14.9. The molecule has 0 N–H and O–H groups in total. The Morgan fingerprint density at radius 1 is 1.25 bits per heavy atom. The lowest BCUT2D eigenvalue weighted by molar-refractivity contribution is -0.140. The Morgan fingerprint density at radius 3 is 2.67 bits per heavy atom. The second-order valence-electron chi connectivity index (χ2n) is 7.53. The SMILES string of the molecule is Cn1cc(-c2nccnc2C2CCCN(C(=O)C(C)(C)C)C2)cn1. The first-order valence-electron chi connectivity index (χ1n) is 8.45. The summed E-state index contributed by atoms with van der Waals surface area (Å²) in [6.07, 6.45) is 9.24. The Morgan fingerprint density at radius 2 is 2.00 bits per heavy atom. The molecule has 0 saturated carbocycles. The van der Waals surface area contributed by atoms with Gasteiger partial charge < -0.3 is 4.90 Å². The van der Waals surface area contributed by atoms with Crippen LogP contribution >= 0.6 is 0 Å². The number of aromatic nitrogens is 4. The number of carbonyl (C=O) groups is 1.